The number of aliphatic imine (C=N–C) groups is 2. The van der Waals surface area contributed by atoms with Gasteiger partial charge in [-0.05, 0) is 39.7 Å². The molecule has 0 aromatic heterocycles. The number of hydrogen-bond donors (Lipinski definition) is 0. The van der Waals surface area contributed by atoms with Crippen LogP contribution in [0.2, 0.25) is 0 Å². The Morgan fingerprint density at radius 1 is 1.30 bits per heavy atom. The number of nitrogens with zero attached hydrogens (tertiary/aromatic N) is 2. The first-order valence-electron chi connectivity index (χ1n) is 7.83. The Hall–Kier alpha value is -1.49. The number of esters is 1. The molecule has 0 fully saturated rings. The average molecular weight is 345 g/mol. The molecule has 4 nitrogen and oxygen atoms in total. The van der Waals surface area contributed by atoms with Crippen molar-refractivity contribution < 1.29 is 13.9 Å². The van der Waals surface area contributed by atoms with E-state index >= 15 is 0 Å². The highest BCUT2D eigenvalue weighted by atomic mass is 35.5. The molecule has 0 spiro atoms. The van der Waals surface area contributed by atoms with Crippen LogP contribution in [-0.4, -0.2) is 23.6 Å². The van der Waals surface area contributed by atoms with Crippen LogP contribution in [0.3, 0.4) is 0 Å². The van der Waals surface area contributed by atoms with E-state index in [9.17, 15) is 9.18 Å². The van der Waals surface area contributed by atoms with Crippen molar-refractivity contribution in [2.45, 2.75) is 54.4 Å². The lowest BCUT2D eigenvalue weighted by Crippen LogP contribution is -2.12. The van der Waals surface area contributed by atoms with Crippen molar-refractivity contribution in [2.24, 2.45) is 15.9 Å². The molecule has 0 aliphatic rings. The largest absolute Gasteiger partial charge is 0.463 e. The Labute approximate surface area is 143 Å². The van der Waals surface area contributed by atoms with Crippen LogP contribution in [0.25, 0.3) is 0 Å². The van der Waals surface area contributed by atoms with E-state index in [-0.39, 0.29) is 11.1 Å². The highest BCUT2D eigenvalue weighted by Crippen LogP contribution is 2.17. The molecule has 23 heavy (non-hydrogen) atoms. The van der Waals surface area contributed by atoms with Crippen molar-refractivity contribution in [2.75, 3.05) is 6.61 Å². The summed E-state index contributed by atoms with van der Waals surface area (Å²) in [6.45, 7) is 11.0. The zero-order chi connectivity index (χ0) is 18.0. The molecular formula is C17H26ClFN2O2. The molecule has 6 heteroatoms. The van der Waals surface area contributed by atoms with Gasteiger partial charge in [0.15, 0.2) is 11.0 Å². The van der Waals surface area contributed by atoms with Gasteiger partial charge in [-0.25, -0.2) is 19.2 Å². The van der Waals surface area contributed by atoms with Crippen LogP contribution in [0.15, 0.2) is 33.2 Å². The van der Waals surface area contributed by atoms with Gasteiger partial charge in [0, 0.05) is 5.92 Å². The number of ether oxygens (including phenoxy) is 1. The highest BCUT2D eigenvalue weighted by Gasteiger charge is 2.15. The average Bonchev–Trinajstić information content (AvgIpc) is 2.56. The van der Waals surface area contributed by atoms with Crippen molar-refractivity contribution in [3.05, 3.63) is 23.2 Å². The molecule has 0 heterocycles. The number of hydrogen-bond acceptors (Lipinski definition) is 3. The van der Waals surface area contributed by atoms with Gasteiger partial charge in [0.25, 0.3) is 0 Å². The molecule has 0 saturated carbocycles. The summed E-state index contributed by atoms with van der Waals surface area (Å²) in [6.07, 6.45) is 2.53. The van der Waals surface area contributed by atoms with Crippen LogP contribution < -0.4 is 0 Å². The van der Waals surface area contributed by atoms with Crippen molar-refractivity contribution >= 4 is 28.6 Å². The van der Waals surface area contributed by atoms with E-state index in [1.807, 2.05) is 20.8 Å². The van der Waals surface area contributed by atoms with Gasteiger partial charge in [-0.3, -0.25) is 0 Å². The number of halogens is 2. The monoisotopic (exact) mass is 344 g/mol. The summed E-state index contributed by atoms with van der Waals surface area (Å²) in [5, 5.41) is -0.240. The van der Waals surface area contributed by atoms with Gasteiger partial charge < -0.3 is 4.74 Å². The molecule has 0 saturated heterocycles. The van der Waals surface area contributed by atoms with E-state index < -0.39 is 11.8 Å². The Kier molecular flexibility index (Phi) is 10.4. The van der Waals surface area contributed by atoms with E-state index in [0.717, 1.165) is 6.42 Å². The van der Waals surface area contributed by atoms with Gasteiger partial charge in [-0.15, -0.1) is 0 Å². The summed E-state index contributed by atoms with van der Waals surface area (Å²) in [5.41, 5.74) is 0.987. The van der Waals surface area contributed by atoms with Crippen molar-refractivity contribution in [3.8, 4) is 0 Å². The van der Waals surface area contributed by atoms with Gasteiger partial charge in [0.2, 0.25) is 0 Å². The Morgan fingerprint density at radius 2 is 1.91 bits per heavy atom. The van der Waals surface area contributed by atoms with Gasteiger partial charge in [0.05, 0.1) is 17.9 Å². The van der Waals surface area contributed by atoms with Crippen molar-refractivity contribution in [1.82, 2.24) is 0 Å². The minimum Gasteiger partial charge on any atom is -0.463 e. The SMILES string of the molecule is C\C=C(F)/C(Cl)=N\C(=N\C(CC)=C(/C)C(=O)OCC)C(C)CC. The highest BCUT2D eigenvalue weighted by molar-refractivity contribution is 6.69. The molecule has 0 bridgehead atoms. The Balaban J connectivity index is 5.92. The summed E-state index contributed by atoms with van der Waals surface area (Å²) in [4.78, 5) is 20.4. The van der Waals surface area contributed by atoms with Gasteiger partial charge in [0.1, 0.15) is 5.84 Å². The van der Waals surface area contributed by atoms with E-state index in [1.165, 1.54) is 13.0 Å². The van der Waals surface area contributed by atoms with Crippen LogP contribution in [-0.2, 0) is 9.53 Å². The smallest absolute Gasteiger partial charge is 0.335 e. The quantitative estimate of drug-likeness (QED) is 0.276. The number of amidine groups is 1. The predicted molar refractivity (Wildman–Crippen MR) is 94.7 cm³/mol. The number of carbonyl (C=O) groups excluding carboxylic acids is 1. The van der Waals surface area contributed by atoms with Crippen LogP contribution in [0.4, 0.5) is 4.39 Å². The van der Waals surface area contributed by atoms with Gasteiger partial charge in [-0.2, -0.15) is 0 Å². The standard InChI is InChI=1S/C17H26ClFN2O2/c1-7-11(5)16(21-15(18)13(19)8-2)20-14(9-3)12(6)17(22)23-10-4/h8,11H,7,9-10H2,1-6H3/b13-8+,14-12+,20-16+,21-15+. The maximum Gasteiger partial charge on any atom is 0.335 e. The van der Waals surface area contributed by atoms with E-state index in [1.54, 1.807) is 13.8 Å². The summed E-state index contributed by atoms with van der Waals surface area (Å²) in [5.74, 6) is -0.641. The molecular weight excluding hydrogens is 319 g/mol. The first kappa shape index (κ1) is 21.5. The molecule has 0 aliphatic carbocycles. The van der Waals surface area contributed by atoms with Crippen LogP contribution in [0.1, 0.15) is 54.4 Å². The summed E-state index contributed by atoms with van der Waals surface area (Å²) in [7, 11) is 0. The van der Waals surface area contributed by atoms with Crippen LogP contribution in [0.5, 0.6) is 0 Å². The zero-order valence-electron chi connectivity index (χ0n) is 14.7. The maximum atomic E-state index is 13.5. The maximum absolute atomic E-state index is 13.5. The molecule has 0 rings (SSSR count). The second-order valence-electron chi connectivity index (χ2n) is 4.96. The molecule has 0 N–H and O–H groups in total. The fourth-order valence-corrected chi connectivity index (χ4v) is 1.82. The fraction of sp³-hybridized carbons (Fsp3) is 0.588. The zero-order valence-corrected chi connectivity index (χ0v) is 15.5. The molecule has 0 radical (unpaired) electrons. The Morgan fingerprint density at radius 3 is 2.35 bits per heavy atom. The van der Waals surface area contributed by atoms with E-state index in [4.69, 9.17) is 16.3 Å². The van der Waals surface area contributed by atoms with Crippen molar-refractivity contribution in [1.29, 1.82) is 0 Å². The molecule has 1 unspecified atom stereocenters. The first-order chi connectivity index (χ1) is 10.8. The molecule has 1 atom stereocenters. The van der Waals surface area contributed by atoms with Crippen LogP contribution >= 0.6 is 11.6 Å². The third kappa shape index (κ3) is 7.08. The Bertz CT molecular complexity index is 537. The van der Waals surface area contributed by atoms with E-state index in [0.29, 0.717) is 30.1 Å². The molecule has 0 aliphatic heterocycles. The topological polar surface area (TPSA) is 51.0 Å². The van der Waals surface area contributed by atoms with Gasteiger partial charge in [-0.1, -0.05) is 32.4 Å². The third-order valence-corrected chi connectivity index (χ3v) is 3.58. The lowest BCUT2D eigenvalue weighted by atomic mass is 10.1. The van der Waals surface area contributed by atoms with E-state index in [2.05, 4.69) is 9.98 Å². The summed E-state index contributed by atoms with van der Waals surface area (Å²) >= 11 is 5.86. The van der Waals surface area contributed by atoms with Crippen molar-refractivity contribution in [3.63, 3.8) is 0 Å². The molecule has 0 aromatic rings. The van der Waals surface area contributed by atoms with Gasteiger partial charge >= 0.3 is 5.97 Å². The second-order valence-corrected chi connectivity index (χ2v) is 5.32. The summed E-state index contributed by atoms with van der Waals surface area (Å²) < 4.78 is 18.5. The molecule has 130 valence electrons. The normalized spacial score (nSPS) is 16.1. The fourth-order valence-electron chi connectivity index (χ4n) is 1.62. The number of carbonyl (C=O) groups is 1. The minimum absolute atomic E-state index is 0.0232. The second kappa shape index (κ2) is 11.1. The number of rotatable bonds is 7. The minimum atomic E-state index is -0.605. The number of allylic oxidation sites excluding steroid dienone is 3. The third-order valence-electron chi connectivity index (χ3n) is 3.32. The predicted octanol–water partition coefficient (Wildman–Crippen LogP) is 5.19. The summed E-state index contributed by atoms with van der Waals surface area (Å²) in [6, 6.07) is 0. The molecule has 0 aromatic carbocycles. The molecule has 0 amide bonds. The lowest BCUT2D eigenvalue weighted by molar-refractivity contribution is -0.138. The van der Waals surface area contributed by atoms with Crippen LogP contribution in [0, 0.1) is 5.92 Å². The lowest BCUT2D eigenvalue weighted by Gasteiger charge is -2.12. The first-order valence-corrected chi connectivity index (χ1v) is 8.21.